The van der Waals surface area contributed by atoms with E-state index in [1.54, 1.807) is 11.1 Å². The van der Waals surface area contributed by atoms with E-state index in [-0.39, 0.29) is 5.54 Å². The summed E-state index contributed by atoms with van der Waals surface area (Å²) in [4.78, 5) is 2.58. The minimum Gasteiger partial charge on any atom is -0.311 e. The predicted molar refractivity (Wildman–Crippen MR) is 78.0 cm³/mol. The van der Waals surface area contributed by atoms with Crippen molar-refractivity contribution in [3.63, 3.8) is 0 Å². The minimum absolute atomic E-state index is 0.231. The Hall–Kier alpha value is -0.860. The van der Waals surface area contributed by atoms with Gasteiger partial charge in [-0.3, -0.25) is 0 Å². The molecule has 2 nitrogen and oxygen atoms in total. The second-order valence-electron chi connectivity index (χ2n) is 6.29. The zero-order valence-corrected chi connectivity index (χ0v) is 12.0. The Kier molecular flexibility index (Phi) is 4.41. The van der Waals surface area contributed by atoms with Crippen LogP contribution in [0, 0.1) is 0 Å². The third kappa shape index (κ3) is 4.11. The normalized spacial score (nSPS) is 17.3. The topological polar surface area (TPSA) is 15.3 Å². The molecule has 2 heteroatoms. The molecule has 1 heterocycles. The number of hydrogen-bond donors (Lipinski definition) is 1. The molecule has 1 aliphatic rings. The standard InChI is InChI=1S/C16H26N2/c1-16(2,3)17-10-13-18-11-8-14-6-4-5-7-15(14)9-12-18/h4-7,17H,8-13H2,1-3H3. The van der Waals surface area contributed by atoms with Crippen LogP contribution in [0.4, 0.5) is 0 Å². The molecule has 0 atom stereocenters. The second kappa shape index (κ2) is 5.85. The fourth-order valence-corrected chi connectivity index (χ4v) is 2.53. The summed E-state index contributed by atoms with van der Waals surface area (Å²) >= 11 is 0. The third-order valence-corrected chi connectivity index (χ3v) is 3.60. The lowest BCUT2D eigenvalue weighted by atomic mass is 10.0. The van der Waals surface area contributed by atoms with Crippen LogP contribution in [-0.4, -0.2) is 36.6 Å². The van der Waals surface area contributed by atoms with E-state index in [0.29, 0.717) is 0 Å². The first-order chi connectivity index (χ1) is 8.54. The van der Waals surface area contributed by atoms with Crippen LogP contribution in [0.25, 0.3) is 0 Å². The Morgan fingerprint density at radius 1 is 1.06 bits per heavy atom. The van der Waals surface area contributed by atoms with Gasteiger partial charge < -0.3 is 10.2 Å². The van der Waals surface area contributed by atoms with Crippen LogP contribution < -0.4 is 5.32 Å². The maximum absolute atomic E-state index is 3.57. The highest BCUT2D eigenvalue weighted by molar-refractivity contribution is 5.28. The Balaban J connectivity index is 1.81. The largest absolute Gasteiger partial charge is 0.311 e. The Morgan fingerprint density at radius 2 is 1.61 bits per heavy atom. The first-order valence-corrected chi connectivity index (χ1v) is 7.09. The Bertz CT molecular complexity index is 352. The van der Waals surface area contributed by atoms with Gasteiger partial charge in [-0.1, -0.05) is 24.3 Å². The molecule has 0 amide bonds. The van der Waals surface area contributed by atoms with Crippen LogP contribution in [0.1, 0.15) is 31.9 Å². The predicted octanol–water partition coefficient (Wildman–Crippen LogP) is 2.48. The molecule has 100 valence electrons. The van der Waals surface area contributed by atoms with E-state index in [4.69, 9.17) is 0 Å². The summed E-state index contributed by atoms with van der Waals surface area (Å²) in [5.74, 6) is 0. The molecule has 0 saturated carbocycles. The molecule has 1 N–H and O–H groups in total. The highest BCUT2D eigenvalue weighted by atomic mass is 15.1. The van der Waals surface area contributed by atoms with Gasteiger partial charge in [0.15, 0.2) is 0 Å². The molecule has 0 bridgehead atoms. The van der Waals surface area contributed by atoms with Crippen LogP contribution in [-0.2, 0) is 12.8 Å². The van der Waals surface area contributed by atoms with E-state index >= 15 is 0 Å². The first-order valence-electron chi connectivity index (χ1n) is 7.09. The number of fused-ring (bicyclic) bond motifs is 1. The van der Waals surface area contributed by atoms with Gasteiger partial charge in [-0.05, 0) is 44.7 Å². The molecule has 0 radical (unpaired) electrons. The summed E-state index contributed by atoms with van der Waals surface area (Å²) in [6.07, 6.45) is 2.40. The summed E-state index contributed by atoms with van der Waals surface area (Å²) in [6, 6.07) is 8.89. The Labute approximate surface area is 111 Å². The molecule has 1 aromatic rings. The zero-order chi connectivity index (χ0) is 13.0. The quantitative estimate of drug-likeness (QED) is 0.881. The zero-order valence-electron chi connectivity index (χ0n) is 12.0. The van der Waals surface area contributed by atoms with Crippen LogP contribution in [0.2, 0.25) is 0 Å². The summed E-state index contributed by atoms with van der Waals surface area (Å²) in [5, 5.41) is 3.57. The van der Waals surface area contributed by atoms with Gasteiger partial charge in [0.1, 0.15) is 0 Å². The third-order valence-electron chi connectivity index (χ3n) is 3.60. The SMILES string of the molecule is CC(C)(C)NCCN1CCc2ccccc2CC1. The Morgan fingerprint density at radius 3 is 2.11 bits per heavy atom. The molecule has 1 aliphatic heterocycles. The van der Waals surface area contributed by atoms with Crippen molar-refractivity contribution in [2.45, 2.75) is 39.2 Å². The maximum Gasteiger partial charge on any atom is 0.0107 e. The highest BCUT2D eigenvalue weighted by Crippen LogP contribution is 2.15. The molecule has 0 aromatic heterocycles. The van der Waals surface area contributed by atoms with E-state index in [1.807, 2.05) is 0 Å². The molecule has 0 unspecified atom stereocenters. The van der Waals surface area contributed by atoms with Crippen LogP contribution in [0.5, 0.6) is 0 Å². The van der Waals surface area contributed by atoms with Crippen molar-refractivity contribution < 1.29 is 0 Å². The van der Waals surface area contributed by atoms with E-state index in [9.17, 15) is 0 Å². The number of benzene rings is 1. The molecular weight excluding hydrogens is 220 g/mol. The van der Waals surface area contributed by atoms with Gasteiger partial charge >= 0.3 is 0 Å². The number of hydrogen-bond acceptors (Lipinski definition) is 2. The lowest BCUT2D eigenvalue weighted by Crippen LogP contribution is -2.42. The van der Waals surface area contributed by atoms with Crippen molar-refractivity contribution in [2.24, 2.45) is 0 Å². The number of nitrogens with zero attached hydrogens (tertiary/aromatic N) is 1. The number of nitrogens with one attached hydrogen (secondary N) is 1. The lowest BCUT2D eigenvalue weighted by Gasteiger charge is -2.25. The van der Waals surface area contributed by atoms with Gasteiger partial charge in [0.25, 0.3) is 0 Å². The molecule has 1 aromatic carbocycles. The molecule has 0 spiro atoms. The van der Waals surface area contributed by atoms with Crippen LogP contribution in [0.3, 0.4) is 0 Å². The summed E-state index contributed by atoms with van der Waals surface area (Å²) in [5.41, 5.74) is 3.32. The fourth-order valence-electron chi connectivity index (χ4n) is 2.53. The molecule has 2 rings (SSSR count). The molecule has 0 fully saturated rings. The molecular formula is C16H26N2. The summed E-state index contributed by atoms with van der Waals surface area (Å²) in [7, 11) is 0. The first kappa shape index (κ1) is 13.6. The van der Waals surface area contributed by atoms with Crippen molar-refractivity contribution in [2.75, 3.05) is 26.2 Å². The van der Waals surface area contributed by atoms with Crippen LogP contribution in [0.15, 0.2) is 24.3 Å². The smallest absolute Gasteiger partial charge is 0.0107 e. The second-order valence-corrected chi connectivity index (χ2v) is 6.29. The van der Waals surface area contributed by atoms with E-state index in [1.165, 1.54) is 25.9 Å². The maximum atomic E-state index is 3.57. The van der Waals surface area contributed by atoms with Gasteiger partial charge in [-0.25, -0.2) is 0 Å². The monoisotopic (exact) mass is 246 g/mol. The number of rotatable bonds is 3. The molecule has 0 aliphatic carbocycles. The average Bonchev–Trinajstić information content (AvgIpc) is 2.51. The van der Waals surface area contributed by atoms with Gasteiger partial charge in [-0.15, -0.1) is 0 Å². The molecule has 0 saturated heterocycles. The van der Waals surface area contributed by atoms with Crippen molar-refractivity contribution in [1.29, 1.82) is 0 Å². The molecule has 18 heavy (non-hydrogen) atoms. The average molecular weight is 246 g/mol. The van der Waals surface area contributed by atoms with E-state index in [2.05, 4.69) is 55.3 Å². The van der Waals surface area contributed by atoms with Crippen molar-refractivity contribution in [3.05, 3.63) is 35.4 Å². The van der Waals surface area contributed by atoms with Gasteiger partial charge in [0.05, 0.1) is 0 Å². The fraction of sp³-hybridized carbons (Fsp3) is 0.625. The van der Waals surface area contributed by atoms with Gasteiger partial charge in [-0.2, -0.15) is 0 Å². The van der Waals surface area contributed by atoms with Crippen LogP contribution >= 0.6 is 0 Å². The summed E-state index contributed by atoms with van der Waals surface area (Å²) in [6.45, 7) is 11.3. The van der Waals surface area contributed by atoms with Crippen molar-refractivity contribution in [1.82, 2.24) is 10.2 Å². The highest BCUT2D eigenvalue weighted by Gasteiger charge is 2.14. The van der Waals surface area contributed by atoms with Gasteiger partial charge in [0.2, 0.25) is 0 Å². The van der Waals surface area contributed by atoms with Crippen molar-refractivity contribution in [3.8, 4) is 0 Å². The lowest BCUT2D eigenvalue weighted by molar-refractivity contribution is 0.272. The van der Waals surface area contributed by atoms with E-state index < -0.39 is 0 Å². The summed E-state index contributed by atoms with van der Waals surface area (Å²) < 4.78 is 0. The van der Waals surface area contributed by atoms with Crippen molar-refractivity contribution >= 4 is 0 Å². The van der Waals surface area contributed by atoms with Gasteiger partial charge in [0, 0.05) is 31.7 Å². The van der Waals surface area contributed by atoms with E-state index in [0.717, 1.165) is 13.1 Å². The minimum atomic E-state index is 0.231.